The summed E-state index contributed by atoms with van der Waals surface area (Å²) < 4.78 is 0. The standard InChI is InChI=1S/C11H19N3O/c1-9(6-7-12)14(2)11(15)10-5-3-4-8-13-10/h9-10,13H,3-6,8H2,1-2H3/t9?,10-/m0/s1. The molecule has 0 spiro atoms. The van der Waals surface area contributed by atoms with E-state index in [1.165, 1.54) is 0 Å². The van der Waals surface area contributed by atoms with Crippen molar-refractivity contribution in [2.24, 2.45) is 0 Å². The summed E-state index contributed by atoms with van der Waals surface area (Å²) in [7, 11) is 1.78. The molecule has 1 amide bonds. The first-order valence-electron chi connectivity index (χ1n) is 5.54. The molecule has 1 unspecified atom stereocenters. The number of amides is 1. The molecule has 4 heteroatoms. The molecule has 1 saturated heterocycles. The molecule has 0 aromatic rings. The lowest BCUT2D eigenvalue weighted by Crippen LogP contribution is -2.49. The molecule has 1 rings (SSSR count). The highest BCUT2D eigenvalue weighted by molar-refractivity contribution is 5.82. The van der Waals surface area contributed by atoms with E-state index in [-0.39, 0.29) is 18.0 Å². The van der Waals surface area contributed by atoms with E-state index in [0.717, 1.165) is 25.8 Å². The number of nitriles is 1. The Labute approximate surface area is 91.2 Å². The van der Waals surface area contributed by atoms with Crippen molar-refractivity contribution in [2.75, 3.05) is 13.6 Å². The largest absolute Gasteiger partial charge is 0.341 e. The molecule has 84 valence electrons. The van der Waals surface area contributed by atoms with Crippen LogP contribution in [-0.4, -0.2) is 36.5 Å². The summed E-state index contributed by atoms with van der Waals surface area (Å²) in [5, 5.41) is 11.8. The third-order valence-electron chi connectivity index (χ3n) is 3.00. The molecule has 0 aliphatic carbocycles. The number of likely N-dealkylation sites (N-methyl/N-ethyl adjacent to an activating group) is 1. The summed E-state index contributed by atoms with van der Waals surface area (Å²) in [5.41, 5.74) is 0. The van der Waals surface area contributed by atoms with Gasteiger partial charge >= 0.3 is 0 Å². The van der Waals surface area contributed by atoms with Crippen molar-refractivity contribution in [3.63, 3.8) is 0 Å². The molecule has 1 aliphatic rings. The highest BCUT2D eigenvalue weighted by Gasteiger charge is 2.25. The fraction of sp³-hybridized carbons (Fsp3) is 0.818. The van der Waals surface area contributed by atoms with Gasteiger partial charge in [-0.2, -0.15) is 5.26 Å². The predicted molar refractivity (Wildman–Crippen MR) is 58.1 cm³/mol. The number of rotatable bonds is 3. The molecule has 1 fully saturated rings. The second kappa shape index (κ2) is 5.72. The van der Waals surface area contributed by atoms with Gasteiger partial charge in [0.05, 0.1) is 18.5 Å². The van der Waals surface area contributed by atoms with Crippen LogP contribution in [0.4, 0.5) is 0 Å². The van der Waals surface area contributed by atoms with Gasteiger partial charge in [-0.1, -0.05) is 6.42 Å². The number of piperidine rings is 1. The van der Waals surface area contributed by atoms with Crippen LogP contribution in [-0.2, 0) is 4.79 Å². The van der Waals surface area contributed by atoms with Gasteiger partial charge in [-0.3, -0.25) is 4.79 Å². The molecule has 1 aliphatic heterocycles. The highest BCUT2D eigenvalue weighted by atomic mass is 16.2. The molecular formula is C11H19N3O. The lowest BCUT2D eigenvalue weighted by molar-refractivity contribution is -0.134. The number of hydrogen-bond donors (Lipinski definition) is 1. The van der Waals surface area contributed by atoms with E-state index in [1.807, 2.05) is 6.92 Å². The average molecular weight is 209 g/mol. The van der Waals surface area contributed by atoms with Crippen molar-refractivity contribution < 1.29 is 4.79 Å². The molecule has 1 heterocycles. The minimum atomic E-state index is -0.0371. The normalized spacial score (nSPS) is 22.9. The van der Waals surface area contributed by atoms with Crippen LogP contribution in [0.1, 0.15) is 32.6 Å². The third kappa shape index (κ3) is 3.21. The zero-order valence-electron chi connectivity index (χ0n) is 9.49. The number of carbonyl (C=O) groups is 1. The molecule has 2 atom stereocenters. The molecule has 0 aromatic carbocycles. The van der Waals surface area contributed by atoms with E-state index >= 15 is 0 Å². The van der Waals surface area contributed by atoms with Crippen LogP contribution in [0.2, 0.25) is 0 Å². The third-order valence-corrected chi connectivity index (χ3v) is 3.00. The van der Waals surface area contributed by atoms with Gasteiger partial charge in [0, 0.05) is 13.1 Å². The van der Waals surface area contributed by atoms with Gasteiger partial charge in [0.25, 0.3) is 0 Å². The Balaban J connectivity index is 2.47. The van der Waals surface area contributed by atoms with Gasteiger partial charge in [-0.05, 0) is 26.3 Å². The van der Waals surface area contributed by atoms with E-state index in [9.17, 15) is 4.79 Å². The van der Waals surface area contributed by atoms with Crippen LogP contribution in [0.15, 0.2) is 0 Å². The van der Waals surface area contributed by atoms with Gasteiger partial charge in [0.2, 0.25) is 5.91 Å². The minimum Gasteiger partial charge on any atom is -0.341 e. The van der Waals surface area contributed by atoms with Crippen LogP contribution >= 0.6 is 0 Å². The van der Waals surface area contributed by atoms with Gasteiger partial charge < -0.3 is 10.2 Å². The molecule has 4 nitrogen and oxygen atoms in total. The van der Waals surface area contributed by atoms with Crippen molar-refractivity contribution >= 4 is 5.91 Å². The van der Waals surface area contributed by atoms with Gasteiger partial charge in [0.15, 0.2) is 0 Å². The summed E-state index contributed by atoms with van der Waals surface area (Å²) >= 11 is 0. The van der Waals surface area contributed by atoms with Crippen molar-refractivity contribution in [3.8, 4) is 6.07 Å². The molecule has 0 saturated carbocycles. The summed E-state index contributed by atoms with van der Waals surface area (Å²) in [4.78, 5) is 13.7. The van der Waals surface area contributed by atoms with E-state index in [0.29, 0.717) is 6.42 Å². The average Bonchev–Trinajstić information content (AvgIpc) is 2.28. The Bertz CT molecular complexity index is 253. The summed E-state index contributed by atoms with van der Waals surface area (Å²) in [6.07, 6.45) is 3.59. The first kappa shape index (κ1) is 12.0. The van der Waals surface area contributed by atoms with Gasteiger partial charge in [-0.15, -0.1) is 0 Å². The number of nitrogens with one attached hydrogen (secondary N) is 1. The van der Waals surface area contributed by atoms with Crippen LogP contribution in [0.25, 0.3) is 0 Å². The molecule has 0 radical (unpaired) electrons. The molecular weight excluding hydrogens is 190 g/mol. The molecule has 0 bridgehead atoms. The molecule has 15 heavy (non-hydrogen) atoms. The summed E-state index contributed by atoms with van der Waals surface area (Å²) in [5.74, 6) is 0.123. The van der Waals surface area contributed by atoms with Gasteiger partial charge in [0.1, 0.15) is 0 Å². The van der Waals surface area contributed by atoms with Crippen LogP contribution in [0, 0.1) is 11.3 Å². The maximum absolute atomic E-state index is 12.0. The van der Waals surface area contributed by atoms with E-state index < -0.39 is 0 Å². The fourth-order valence-electron chi connectivity index (χ4n) is 1.79. The van der Waals surface area contributed by atoms with E-state index in [4.69, 9.17) is 5.26 Å². The smallest absolute Gasteiger partial charge is 0.239 e. The monoisotopic (exact) mass is 209 g/mol. The Morgan fingerprint density at radius 3 is 2.93 bits per heavy atom. The fourth-order valence-corrected chi connectivity index (χ4v) is 1.79. The second-order valence-corrected chi connectivity index (χ2v) is 4.16. The van der Waals surface area contributed by atoms with E-state index in [2.05, 4.69) is 11.4 Å². The molecule has 0 aromatic heterocycles. The number of hydrogen-bond acceptors (Lipinski definition) is 3. The summed E-state index contributed by atoms with van der Waals surface area (Å²) in [6.45, 7) is 2.83. The van der Waals surface area contributed by atoms with Crippen molar-refractivity contribution in [1.82, 2.24) is 10.2 Å². The zero-order valence-corrected chi connectivity index (χ0v) is 9.49. The molecule has 1 N–H and O–H groups in total. The van der Waals surface area contributed by atoms with Crippen LogP contribution in [0.3, 0.4) is 0 Å². The summed E-state index contributed by atoms with van der Waals surface area (Å²) in [6, 6.07) is 2.06. The quantitative estimate of drug-likeness (QED) is 0.751. The number of carbonyl (C=O) groups excluding carboxylic acids is 1. The van der Waals surface area contributed by atoms with Gasteiger partial charge in [-0.25, -0.2) is 0 Å². The van der Waals surface area contributed by atoms with E-state index in [1.54, 1.807) is 11.9 Å². The minimum absolute atomic E-state index is 0.00577. The van der Waals surface area contributed by atoms with Crippen LogP contribution < -0.4 is 5.32 Å². The van der Waals surface area contributed by atoms with Crippen molar-refractivity contribution in [1.29, 1.82) is 5.26 Å². The lowest BCUT2D eigenvalue weighted by Gasteiger charge is -2.30. The Morgan fingerprint density at radius 1 is 1.67 bits per heavy atom. The second-order valence-electron chi connectivity index (χ2n) is 4.16. The Hall–Kier alpha value is -1.08. The van der Waals surface area contributed by atoms with Crippen molar-refractivity contribution in [2.45, 2.75) is 44.7 Å². The zero-order chi connectivity index (χ0) is 11.3. The number of nitrogens with zero attached hydrogens (tertiary/aromatic N) is 2. The lowest BCUT2D eigenvalue weighted by atomic mass is 10.0. The predicted octanol–water partition coefficient (Wildman–Crippen LogP) is 0.889. The Morgan fingerprint density at radius 2 is 2.40 bits per heavy atom. The van der Waals surface area contributed by atoms with Crippen LogP contribution in [0.5, 0.6) is 0 Å². The first-order valence-corrected chi connectivity index (χ1v) is 5.54. The Kier molecular flexibility index (Phi) is 4.57. The first-order chi connectivity index (χ1) is 7.16. The topological polar surface area (TPSA) is 56.1 Å². The SMILES string of the molecule is CC(CC#N)N(C)C(=O)[C@@H]1CCCCN1. The maximum Gasteiger partial charge on any atom is 0.239 e. The maximum atomic E-state index is 12.0. The highest BCUT2D eigenvalue weighted by Crippen LogP contribution is 2.11. The van der Waals surface area contributed by atoms with Crippen molar-refractivity contribution in [3.05, 3.63) is 0 Å².